The molecule has 0 amide bonds. The van der Waals surface area contributed by atoms with E-state index in [-0.39, 0.29) is 11.7 Å². The van der Waals surface area contributed by atoms with Crippen LogP contribution in [0.2, 0.25) is 0 Å². The number of rotatable bonds is 2. The SMILES string of the molecule is CCCC(=N)N=NC(C)=N. The Kier molecular flexibility index (Phi) is 4.28. The van der Waals surface area contributed by atoms with E-state index in [0.29, 0.717) is 6.42 Å². The fourth-order valence-electron chi connectivity index (χ4n) is 0.422. The lowest BCUT2D eigenvalue weighted by molar-refractivity contribution is 0.965. The van der Waals surface area contributed by atoms with E-state index in [2.05, 4.69) is 10.2 Å². The van der Waals surface area contributed by atoms with Crippen LogP contribution in [0.25, 0.3) is 0 Å². The predicted octanol–water partition coefficient (Wildman–Crippen LogP) is 2.21. The smallest absolute Gasteiger partial charge is 0.143 e. The second-order valence-corrected chi connectivity index (χ2v) is 1.98. The molecule has 0 rings (SSSR count). The summed E-state index contributed by atoms with van der Waals surface area (Å²) in [4.78, 5) is 0. The molecule has 0 aliphatic heterocycles. The largest absolute Gasteiger partial charge is 0.285 e. The molecule has 0 aliphatic carbocycles. The molecule has 4 heteroatoms. The van der Waals surface area contributed by atoms with Crippen molar-refractivity contribution in [3.8, 4) is 0 Å². The predicted molar refractivity (Wildman–Crippen MR) is 40.9 cm³/mol. The van der Waals surface area contributed by atoms with Crippen molar-refractivity contribution in [3.63, 3.8) is 0 Å². The van der Waals surface area contributed by atoms with E-state index in [0.717, 1.165) is 6.42 Å². The molecule has 0 saturated heterocycles. The van der Waals surface area contributed by atoms with Crippen LogP contribution in [0.1, 0.15) is 26.7 Å². The molecule has 0 aromatic heterocycles. The average molecular weight is 140 g/mol. The molecule has 0 aromatic carbocycles. The second-order valence-electron chi connectivity index (χ2n) is 1.98. The molecule has 0 bridgehead atoms. The summed E-state index contributed by atoms with van der Waals surface area (Å²) >= 11 is 0. The van der Waals surface area contributed by atoms with Gasteiger partial charge in [0.1, 0.15) is 11.7 Å². The Morgan fingerprint density at radius 2 is 1.90 bits per heavy atom. The first-order chi connectivity index (χ1) is 4.66. The summed E-state index contributed by atoms with van der Waals surface area (Å²) in [7, 11) is 0. The van der Waals surface area contributed by atoms with E-state index in [4.69, 9.17) is 10.8 Å². The van der Waals surface area contributed by atoms with E-state index < -0.39 is 0 Å². The van der Waals surface area contributed by atoms with Gasteiger partial charge in [0.15, 0.2) is 0 Å². The lowest BCUT2D eigenvalue weighted by Crippen LogP contribution is -1.89. The Balaban J connectivity index is 3.67. The van der Waals surface area contributed by atoms with Crippen molar-refractivity contribution in [2.45, 2.75) is 26.7 Å². The maximum atomic E-state index is 7.12. The number of hydrogen-bond acceptors (Lipinski definition) is 2. The summed E-state index contributed by atoms with van der Waals surface area (Å²) in [6, 6.07) is 0. The summed E-state index contributed by atoms with van der Waals surface area (Å²) in [6.45, 7) is 3.50. The Labute approximate surface area is 60.4 Å². The van der Waals surface area contributed by atoms with Gasteiger partial charge in [0.2, 0.25) is 0 Å². The lowest BCUT2D eigenvalue weighted by Gasteiger charge is -1.89. The van der Waals surface area contributed by atoms with Crippen LogP contribution in [0.3, 0.4) is 0 Å². The lowest BCUT2D eigenvalue weighted by atomic mass is 10.3. The number of hydrogen-bond donors (Lipinski definition) is 2. The van der Waals surface area contributed by atoms with Gasteiger partial charge in [-0.2, -0.15) is 0 Å². The molecule has 2 N–H and O–H groups in total. The maximum Gasteiger partial charge on any atom is 0.143 e. The third kappa shape index (κ3) is 5.08. The van der Waals surface area contributed by atoms with Gasteiger partial charge in [0.05, 0.1) is 0 Å². The summed E-state index contributed by atoms with van der Waals surface area (Å²) in [5.41, 5.74) is 0. The third-order valence-corrected chi connectivity index (χ3v) is 0.808. The molecular weight excluding hydrogens is 128 g/mol. The molecule has 0 radical (unpaired) electrons. The van der Waals surface area contributed by atoms with Gasteiger partial charge >= 0.3 is 0 Å². The maximum absolute atomic E-state index is 7.12. The molecular formula is C6H12N4. The van der Waals surface area contributed by atoms with Gasteiger partial charge < -0.3 is 0 Å². The zero-order valence-corrected chi connectivity index (χ0v) is 6.31. The monoisotopic (exact) mass is 140 g/mol. The molecule has 0 saturated carbocycles. The molecule has 56 valence electrons. The minimum Gasteiger partial charge on any atom is -0.285 e. The van der Waals surface area contributed by atoms with Crippen LogP contribution in [0.5, 0.6) is 0 Å². The van der Waals surface area contributed by atoms with Gasteiger partial charge in [0.25, 0.3) is 0 Å². The van der Waals surface area contributed by atoms with Crippen molar-refractivity contribution in [2.24, 2.45) is 10.2 Å². The van der Waals surface area contributed by atoms with Gasteiger partial charge in [-0.1, -0.05) is 6.92 Å². The molecule has 0 heterocycles. The minimum absolute atomic E-state index is 0.140. The van der Waals surface area contributed by atoms with E-state index in [1.165, 1.54) is 6.92 Å². The van der Waals surface area contributed by atoms with Crippen molar-refractivity contribution < 1.29 is 0 Å². The Morgan fingerprint density at radius 1 is 1.30 bits per heavy atom. The Morgan fingerprint density at radius 3 is 2.30 bits per heavy atom. The summed E-state index contributed by atoms with van der Waals surface area (Å²) < 4.78 is 0. The second kappa shape index (κ2) is 4.78. The van der Waals surface area contributed by atoms with Crippen LogP contribution >= 0.6 is 0 Å². The van der Waals surface area contributed by atoms with Crippen LogP contribution in [0, 0.1) is 10.8 Å². The first-order valence-electron chi connectivity index (χ1n) is 3.21. The van der Waals surface area contributed by atoms with Gasteiger partial charge in [0, 0.05) is 6.42 Å². The highest BCUT2D eigenvalue weighted by molar-refractivity contribution is 5.83. The Hall–Kier alpha value is -1.06. The fourth-order valence-corrected chi connectivity index (χ4v) is 0.422. The molecule has 0 aliphatic rings. The molecule has 0 unspecified atom stereocenters. The van der Waals surface area contributed by atoms with Crippen LogP contribution in [-0.4, -0.2) is 11.7 Å². The van der Waals surface area contributed by atoms with Gasteiger partial charge in [-0.3, -0.25) is 10.8 Å². The quantitative estimate of drug-likeness (QED) is 0.335. The van der Waals surface area contributed by atoms with Crippen molar-refractivity contribution >= 4 is 11.7 Å². The third-order valence-electron chi connectivity index (χ3n) is 0.808. The zero-order valence-electron chi connectivity index (χ0n) is 6.31. The minimum atomic E-state index is 0.140. The summed E-state index contributed by atoms with van der Waals surface area (Å²) in [5.74, 6) is 0.384. The van der Waals surface area contributed by atoms with Crippen molar-refractivity contribution in [2.75, 3.05) is 0 Å². The van der Waals surface area contributed by atoms with E-state index in [1.807, 2.05) is 6.92 Å². The summed E-state index contributed by atoms with van der Waals surface area (Å²) in [5, 5.41) is 20.9. The van der Waals surface area contributed by atoms with Crippen molar-refractivity contribution in [1.82, 2.24) is 0 Å². The standard InChI is InChI=1S/C6H12N4/c1-3-4-6(8)10-9-5(2)7/h7-8H,3-4H2,1-2H3. The number of amidine groups is 2. The topological polar surface area (TPSA) is 72.4 Å². The van der Waals surface area contributed by atoms with Gasteiger partial charge in [-0.05, 0) is 13.3 Å². The number of nitrogens with one attached hydrogen (secondary N) is 2. The normalized spacial score (nSPS) is 10.2. The highest BCUT2D eigenvalue weighted by Crippen LogP contribution is 1.91. The van der Waals surface area contributed by atoms with Crippen LogP contribution in [0.4, 0.5) is 0 Å². The van der Waals surface area contributed by atoms with Crippen molar-refractivity contribution in [1.29, 1.82) is 10.8 Å². The van der Waals surface area contributed by atoms with Crippen LogP contribution < -0.4 is 0 Å². The molecule has 0 atom stereocenters. The Bertz CT molecular complexity index is 159. The van der Waals surface area contributed by atoms with Gasteiger partial charge in [-0.25, -0.2) is 0 Å². The molecule has 0 aromatic rings. The zero-order chi connectivity index (χ0) is 7.98. The highest BCUT2D eigenvalue weighted by Gasteiger charge is 1.89. The summed E-state index contributed by atoms with van der Waals surface area (Å²) in [6.07, 6.45) is 1.53. The first-order valence-corrected chi connectivity index (χ1v) is 3.21. The number of nitrogens with zero attached hydrogens (tertiary/aromatic N) is 2. The van der Waals surface area contributed by atoms with Crippen LogP contribution in [-0.2, 0) is 0 Å². The molecule has 0 fully saturated rings. The fraction of sp³-hybridized carbons (Fsp3) is 0.667. The van der Waals surface area contributed by atoms with Crippen molar-refractivity contribution in [3.05, 3.63) is 0 Å². The highest BCUT2D eigenvalue weighted by atomic mass is 15.1. The number of azo groups is 1. The van der Waals surface area contributed by atoms with E-state index in [9.17, 15) is 0 Å². The first kappa shape index (κ1) is 8.94. The van der Waals surface area contributed by atoms with Crippen LogP contribution in [0.15, 0.2) is 10.2 Å². The average Bonchev–Trinajstić information content (AvgIpc) is 1.85. The van der Waals surface area contributed by atoms with Gasteiger partial charge in [-0.15, -0.1) is 10.2 Å². The molecule has 4 nitrogen and oxygen atoms in total. The van der Waals surface area contributed by atoms with E-state index >= 15 is 0 Å². The van der Waals surface area contributed by atoms with E-state index in [1.54, 1.807) is 0 Å². The molecule has 0 spiro atoms. The molecule has 10 heavy (non-hydrogen) atoms.